The van der Waals surface area contributed by atoms with Crippen molar-refractivity contribution in [2.24, 2.45) is 5.92 Å². The minimum atomic E-state index is -1.24. The van der Waals surface area contributed by atoms with Gasteiger partial charge >= 0.3 is 0 Å². The first-order chi connectivity index (χ1) is 22.2. The fourth-order valence-electron chi connectivity index (χ4n) is 5.82. The van der Waals surface area contributed by atoms with Crippen molar-refractivity contribution in [2.45, 2.75) is 36.8 Å². The summed E-state index contributed by atoms with van der Waals surface area (Å²) in [5.74, 6) is 1.14. The number of likely N-dealkylation sites (N-methyl/N-ethyl adjacent to an activating group) is 1. The zero-order valence-corrected chi connectivity index (χ0v) is 28.1. The number of hydrogen-bond donors (Lipinski definition) is 1. The van der Waals surface area contributed by atoms with Crippen LogP contribution in [0.3, 0.4) is 0 Å². The van der Waals surface area contributed by atoms with Gasteiger partial charge in [-0.25, -0.2) is 4.98 Å². The van der Waals surface area contributed by atoms with Crippen molar-refractivity contribution < 1.29 is 18.5 Å². The summed E-state index contributed by atoms with van der Waals surface area (Å²) in [6.45, 7) is 3.75. The molecule has 1 aromatic carbocycles. The van der Waals surface area contributed by atoms with E-state index in [-0.39, 0.29) is 29.9 Å². The average molecular weight is 665 g/mol. The highest BCUT2D eigenvalue weighted by molar-refractivity contribution is 7.85. The lowest BCUT2D eigenvalue weighted by Gasteiger charge is -2.21. The van der Waals surface area contributed by atoms with Gasteiger partial charge < -0.3 is 24.6 Å². The van der Waals surface area contributed by atoms with Crippen LogP contribution in [0.4, 0.5) is 11.6 Å². The molecule has 2 aliphatic heterocycles. The molecule has 4 aromatic rings. The SMILES string of the molecule is CN(C)CCS(=O)c1ccsc1Cn1c(=O)c(C(=O)C2CCOCC2)cc2cnc(Nc3ccc(OC4CCN(C)C4)cc3)nc21. The molecule has 2 saturated heterocycles. The van der Waals surface area contributed by atoms with Gasteiger partial charge in [0.15, 0.2) is 5.78 Å². The number of carbonyl (C=O) groups excluding carboxylic acids is 1. The highest BCUT2D eigenvalue weighted by Gasteiger charge is 2.27. The molecule has 6 rings (SSSR count). The van der Waals surface area contributed by atoms with Crippen molar-refractivity contribution >= 4 is 50.6 Å². The van der Waals surface area contributed by atoms with Gasteiger partial charge in [-0.05, 0) is 82.2 Å². The van der Waals surface area contributed by atoms with Crippen molar-refractivity contribution in [3.8, 4) is 5.75 Å². The first kappa shape index (κ1) is 32.5. The molecule has 1 N–H and O–H groups in total. The molecule has 2 aliphatic rings. The number of ether oxygens (including phenoxy) is 2. The van der Waals surface area contributed by atoms with Crippen LogP contribution in [0.2, 0.25) is 0 Å². The fourth-order valence-corrected chi connectivity index (χ4v) is 8.37. The summed E-state index contributed by atoms with van der Waals surface area (Å²) in [5, 5.41) is 5.72. The molecule has 5 heterocycles. The van der Waals surface area contributed by atoms with Gasteiger partial charge in [0.25, 0.3) is 5.56 Å². The highest BCUT2D eigenvalue weighted by atomic mass is 32.2. The smallest absolute Gasteiger partial charge is 0.263 e. The van der Waals surface area contributed by atoms with Crippen LogP contribution >= 0.6 is 11.3 Å². The number of aromatic nitrogens is 3. The maximum atomic E-state index is 14.1. The Kier molecular flexibility index (Phi) is 10.2. The molecule has 2 unspecified atom stereocenters. The van der Waals surface area contributed by atoms with Crippen LogP contribution in [0.25, 0.3) is 11.0 Å². The molecule has 0 aliphatic carbocycles. The zero-order chi connectivity index (χ0) is 32.2. The van der Waals surface area contributed by atoms with Crippen molar-refractivity contribution in [2.75, 3.05) is 65.1 Å². The Morgan fingerprint density at radius 3 is 2.67 bits per heavy atom. The number of hydrogen-bond acceptors (Lipinski definition) is 11. The van der Waals surface area contributed by atoms with E-state index in [1.165, 1.54) is 15.9 Å². The third-order valence-corrected chi connectivity index (χ3v) is 10.9. The normalized spacial score (nSPS) is 18.3. The minimum absolute atomic E-state index is 0.125. The Bertz CT molecular complexity index is 1770. The average Bonchev–Trinajstić information content (AvgIpc) is 3.70. The summed E-state index contributed by atoms with van der Waals surface area (Å²) in [5.41, 5.74) is 0.882. The number of rotatable bonds is 12. The maximum Gasteiger partial charge on any atom is 0.263 e. The van der Waals surface area contributed by atoms with Crippen molar-refractivity contribution in [1.82, 2.24) is 24.3 Å². The van der Waals surface area contributed by atoms with Gasteiger partial charge in [-0.2, -0.15) is 4.98 Å². The molecule has 46 heavy (non-hydrogen) atoms. The number of thiophene rings is 1. The monoisotopic (exact) mass is 664 g/mol. The number of benzene rings is 1. The van der Waals surface area contributed by atoms with Crippen LogP contribution in [0.5, 0.6) is 5.75 Å². The number of fused-ring (bicyclic) bond motifs is 1. The molecule has 2 fully saturated rings. The van der Waals surface area contributed by atoms with Gasteiger partial charge in [0.1, 0.15) is 17.5 Å². The van der Waals surface area contributed by atoms with E-state index in [1.807, 2.05) is 54.7 Å². The second kappa shape index (κ2) is 14.5. The van der Waals surface area contributed by atoms with Crippen molar-refractivity contribution in [3.63, 3.8) is 0 Å². The second-order valence-corrected chi connectivity index (χ2v) is 14.7. The van der Waals surface area contributed by atoms with E-state index >= 15 is 0 Å². The number of nitrogens with zero attached hydrogens (tertiary/aromatic N) is 5. The molecular weight excluding hydrogens is 625 g/mol. The van der Waals surface area contributed by atoms with E-state index in [0.29, 0.717) is 60.2 Å². The molecule has 11 nitrogen and oxygen atoms in total. The molecule has 0 spiro atoms. The molecule has 244 valence electrons. The third-order valence-electron chi connectivity index (χ3n) is 8.42. The van der Waals surface area contributed by atoms with Gasteiger partial charge in [-0.3, -0.25) is 18.4 Å². The van der Waals surface area contributed by atoms with Crippen molar-refractivity contribution in [1.29, 1.82) is 0 Å². The second-order valence-electron chi connectivity index (χ2n) is 12.2. The van der Waals surface area contributed by atoms with Gasteiger partial charge in [-0.15, -0.1) is 11.3 Å². The van der Waals surface area contributed by atoms with E-state index < -0.39 is 16.4 Å². The Hall–Kier alpha value is -3.49. The number of Topliss-reactive ketones (excluding diaryl/α,β-unsaturated/α-hetero) is 1. The molecule has 3 aromatic heterocycles. The van der Waals surface area contributed by atoms with Crippen LogP contribution in [0.15, 0.2) is 57.7 Å². The Balaban J connectivity index is 1.32. The summed E-state index contributed by atoms with van der Waals surface area (Å²) < 4.78 is 26.3. The van der Waals surface area contributed by atoms with E-state index in [1.54, 1.807) is 12.3 Å². The Morgan fingerprint density at radius 1 is 1.17 bits per heavy atom. The lowest BCUT2D eigenvalue weighted by Crippen LogP contribution is -2.32. The molecule has 0 amide bonds. The third kappa shape index (κ3) is 7.55. The van der Waals surface area contributed by atoms with E-state index in [0.717, 1.165) is 35.8 Å². The Labute approximate surface area is 275 Å². The predicted octanol–water partition coefficient (Wildman–Crippen LogP) is 4.01. The van der Waals surface area contributed by atoms with Gasteiger partial charge in [0.05, 0.1) is 27.8 Å². The van der Waals surface area contributed by atoms with Crippen LogP contribution in [-0.2, 0) is 22.1 Å². The largest absolute Gasteiger partial charge is 0.489 e. The number of anilines is 2. The summed E-state index contributed by atoms with van der Waals surface area (Å²) in [6.07, 6.45) is 3.99. The molecule has 0 saturated carbocycles. The van der Waals surface area contributed by atoms with Crippen molar-refractivity contribution in [3.05, 3.63) is 68.8 Å². The molecule has 0 bridgehead atoms. The lowest BCUT2D eigenvalue weighted by molar-refractivity contribution is 0.0543. The summed E-state index contributed by atoms with van der Waals surface area (Å²) in [7, 11) is 4.75. The van der Waals surface area contributed by atoms with Crippen LogP contribution in [0.1, 0.15) is 34.5 Å². The van der Waals surface area contributed by atoms with Crippen LogP contribution < -0.4 is 15.6 Å². The first-order valence-corrected chi connectivity index (χ1v) is 17.8. The minimum Gasteiger partial charge on any atom is -0.489 e. The fraction of sp³-hybridized carbons (Fsp3) is 0.455. The number of ketones is 1. The maximum absolute atomic E-state index is 14.1. The predicted molar refractivity (Wildman–Crippen MR) is 181 cm³/mol. The number of nitrogens with one attached hydrogen (secondary N) is 1. The topological polar surface area (TPSA) is 119 Å². The number of likely N-dealkylation sites (tertiary alicyclic amines) is 1. The standard InChI is InChI=1S/C33H40N6O5S2/c1-37(2)13-17-46(42)29-11-16-45-28(29)21-39-31-23(18-27(32(39)41)30(40)22-9-14-43-15-10-22)19-34-33(36-31)35-24-4-6-25(7-5-24)44-26-8-12-38(3)20-26/h4-7,11,16,18-19,22,26H,8-10,12-15,17,20-21H2,1-3H3,(H,34,35,36). The summed E-state index contributed by atoms with van der Waals surface area (Å²) >= 11 is 1.44. The van der Waals surface area contributed by atoms with Gasteiger partial charge in [-0.1, -0.05) is 0 Å². The van der Waals surface area contributed by atoms with E-state index in [2.05, 4.69) is 22.2 Å². The van der Waals surface area contributed by atoms with Crippen LogP contribution in [-0.4, -0.2) is 100 Å². The lowest BCUT2D eigenvalue weighted by atomic mass is 9.91. The first-order valence-electron chi connectivity index (χ1n) is 15.6. The zero-order valence-electron chi connectivity index (χ0n) is 26.4. The Morgan fingerprint density at radius 2 is 1.96 bits per heavy atom. The van der Waals surface area contributed by atoms with E-state index in [9.17, 15) is 13.8 Å². The van der Waals surface area contributed by atoms with Crippen LogP contribution in [0, 0.1) is 5.92 Å². The molecule has 13 heteroatoms. The van der Waals surface area contributed by atoms with E-state index in [4.69, 9.17) is 14.5 Å². The van der Waals surface area contributed by atoms with Gasteiger partial charge in [0, 0.05) is 66.7 Å². The summed E-state index contributed by atoms with van der Waals surface area (Å²) in [6, 6.07) is 11.1. The molecular formula is C33H40N6O5S2. The van der Waals surface area contributed by atoms with Gasteiger partial charge in [0.2, 0.25) is 5.95 Å². The molecule has 2 atom stereocenters. The number of pyridine rings is 1. The molecule has 0 radical (unpaired) electrons. The summed E-state index contributed by atoms with van der Waals surface area (Å²) in [4.78, 5) is 42.8. The highest BCUT2D eigenvalue weighted by Crippen LogP contribution is 2.26. The quantitative estimate of drug-likeness (QED) is 0.223. The number of carbonyl (C=O) groups is 1.